The van der Waals surface area contributed by atoms with Crippen LogP contribution in [-0.4, -0.2) is 22.1 Å². The molecule has 0 aliphatic heterocycles. The van der Waals surface area contributed by atoms with Gasteiger partial charge in [0.25, 0.3) is 0 Å². The third kappa shape index (κ3) is 2.22. The van der Waals surface area contributed by atoms with Crippen molar-refractivity contribution in [2.75, 3.05) is 0 Å². The average Bonchev–Trinajstić information content (AvgIpc) is 2.24. The van der Waals surface area contributed by atoms with Gasteiger partial charge in [-0.05, 0) is 37.5 Å². The largest absolute Gasteiger partial charge is 0.481 e. The lowest BCUT2D eigenvalue weighted by atomic mass is 9.79. The van der Waals surface area contributed by atoms with Crippen molar-refractivity contribution in [3.8, 4) is 0 Å². The fourth-order valence-electron chi connectivity index (χ4n) is 2.06. The molecule has 2 unspecified atom stereocenters. The summed E-state index contributed by atoms with van der Waals surface area (Å²) in [5, 5.41) is 12.3. The van der Waals surface area contributed by atoms with Gasteiger partial charge in [0.05, 0.1) is 5.92 Å². The number of carboxylic acid groups (broad SMARTS) is 1. The first-order valence-electron chi connectivity index (χ1n) is 5.57. The molecule has 0 aromatic carbocycles. The van der Waals surface area contributed by atoms with E-state index in [2.05, 4.69) is 10.3 Å². The molecular formula is C12H16N2O2. The summed E-state index contributed by atoms with van der Waals surface area (Å²) in [4.78, 5) is 14.8. The highest BCUT2D eigenvalue weighted by Gasteiger charge is 2.36. The van der Waals surface area contributed by atoms with Crippen molar-refractivity contribution in [3.05, 3.63) is 30.1 Å². The molecule has 1 fully saturated rings. The van der Waals surface area contributed by atoms with Crippen LogP contribution in [0.1, 0.15) is 31.4 Å². The van der Waals surface area contributed by atoms with Gasteiger partial charge in [0.15, 0.2) is 0 Å². The molecule has 16 heavy (non-hydrogen) atoms. The Bertz CT molecular complexity index is 367. The Hall–Kier alpha value is -1.42. The summed E-state index contributed by atoms with van der Waals surface area (Å²) in [6.45, 7) is 2.05. The molecule has 1 heterocycles. The van der Waals surface area contributed by atoms with Gasteiger partial charge in [0.2, 0.25) is 0 Å². The van der Waals surface area contributed by atoms with Crippen LogP contribution in [0.3, 0.4) is 0 Å². The number of pyridine rings is 1. The lowest BCUT2D eigenvalue weighted by molar-refractivity contribution is -0.146. The third-order valence-electron chi connectivity index (χ3n) is 3.26. The first-order chi connectivity index (χ1) is 7.68. The van der Waals surface area contributed by atoms with E-state index in [1.807, 2.05) is 19.1 Å². The lowest BCUT2D eigenvalue weighted by Gasteiger charge is -2.36. The molecule has 1 aliphatic carbocycles. The number of carbonyl (C=O) groups is 1. The van der Waals surface area contributed by atoms with Crippen LogP contribution in [0.15, 0.2) is 24.5 Å². The van der Waals surface area contributed by atoms with Crippen molar-refractivity contribution in [1.82, 2.24) is 10.3 Å². The number of carboxylic acids is 1. The minimum absolute atomic E-state index is 0.112. The van der Waals surface area contributed by atoms with E-state index < -0.39 is 5.97 Å². The van der Waals surface area contributed by atoms with Crippen molar-refractivity contribution >= 4 is 5.97 Å². The van der Waals surface area contributed by atoms with E-state index in [1.165, 1.54) is 0 Å². The van der Waals surface area contributed by atoms with E-state index in [9.17, 15) is 4.79 Å². The van der Waals surface area contributed by atoms with Crippen LogP contribution in [-0.2, 0) is 4.79 Å². The van der Waals surface area contributed by atoms with Gasteiger partial charge in [-0.15, -0.1) is 0 Å². The number of hydrogen-bond acceptors (Lipinski definition) is 3. The van der Waals surface area contributed by atoms with Gasteiger partial charge in [-0.1, -0.05) is 0 Å². The molecule has 0 bridgehead atoms. The highest BCUT2D eigenvalue weighted by Crippen LogP contribution is 2.29. The molecule has 3 atom stereocenters. The molecule has 1 saturated carbocycles. The van der Waals surface area contributed by atoms with Crippen LogP contribution in [0.2, 0.25) is 0 Å². The van der Waals surface area contributed by atoms with Gasteiger partial charge in [-0.3, -0.25) is 9.78 Å². The Balaban J connectivity index is 1.93. The van der Waals surface area contributed by atoms with Crippen LogP contribution in [0.25, 0.3) is 0 Å². The first kappa shape index (κ1) is 11.1. The molecule has 4 nitrogen and oxygen atoms in total. The predicted molar refractivity (Wildman–Crippen MR) is 59.9 cm³/mol. The van der Waals surface area contributed by atoms with Gasteiger partial charge in [0.1, 0.15) is 0 Å². The Kier molecular flexibility index (Phi) is 3.19. The number of nitrogens with zero attached hydrogens (tertiary/aromatic N) is 1. The van der Waals surface area contributed by atoms with Crippen molar-refractivity contribution < 1.29 is 9.90 Å². The van der Waals surface area contributed by atoms with Crippen molar-refractivity contribution in [3.63, 3.8) is 0 Å². The predicted octanol–water partition coefficient (Wildman–Crippen LogP) is 1.60. The SMILES string of the molecule is C[C@H](NC1CCC1C(=O)O)c1ccncc1. The fourth-order valence-corrected chi connectivity index (χ4v) is 2.06. The Labute approximate surface area is 94.7 Å². The van der Waals surface area contributed by atoms with Crippen LogP contribution in [0.5, 0.6) is 0 Å². The molecule has 2 N–H and O–H groups in total. The second kappa shape index (κ2) is 4.61. The molecule has 1 aromatic heterocycles. The second-order valence-electron chi connectivity index (χ2n) is 4.30. The Morgan fingerprint density at radius 2 is 2.19 bits per heavy atom. The van der Waals surface area contributed by atoms with Crippen molar-refractivity contribution in [1.29, 1.82) is 0 Å². The maximum absolute atomic E-state index is 10.9. The molecule has 1 aromatic rings. The number of hydrogen-bond donors (Lipinski definition) is 2. The quantitative estimate of drug-likeness (QED) is 0.809. The highest BCUT2D eigenvalue weighted by molar-refractivity contribution is 5.72. The summed E-state index contributed by atoms with van der Waals surface area (Å²) in [5.74, 6) is -0.907. The molecule has 2 rings (SSSR count). The summed E-state index contributed by atoms with van der Waals surface area (Å²) in [6, 6.07) is 4.19. The zero-order valence-electron chi connectivity index (χ0n) is 9.26. The second-order valence-corrected chi connectivity index (χ2v) is 4.30. The fraction of sp³-hybridized carbons (Fsp3) is 0.500. The molecule has 0 spiro atoms. The number of aliphatic carboxylic acids is 1. The van der Waals surface area contributed by atoms with Crippen LogP contribution < -0.4 is 5.32 Å². The molecule has 86 valence electrons. The summed E-state index contributed by atoms with van der Waals surface area (Å²) in [5.41, 5.74) is 1.14. The molecule has 1 aliphatic rings. The Morgan fingerprint density at radius 3 is 2.69 bits per heavy atom. The summed E-state index contributed by atoms with van der Waals surface area (Å²) in [6.07, 6.45) is 5.24. The number of nitrogens with one attached hydrogen (secondary N) is 1. The number of rotatable bonds is 4. The van der Waals surface area contributed by atoms with E-state index in [-0.39, 0.29) is 18.0 Å². The maximum Gasteiger partial charge on any atom is 0.308 e. The Morgan fingerprint density at radius 1 is 1.50 bits per heavy atom. The zero-order valence-corrected chi connectivity index (χ0v) is 9.26. The topological polar surface area (TPSA) is 62.2 Å². The van der Waals surface area contributed by atoms with E-state index in [1.54, 1.807) is 12.4 Å². The van der Waals surface area contributed by atoms with Gasteiger partial charge in [-0.2, -0.15) is 0 Å². The zero-order chi connectivity index (χ0) is 11.5. The molecule has 4 heteroatoms. The third-order valence-corrected chi connectivity index (χ3v) is 3.26. The van der Waals surface area contributed by atoms with Crippen LogP contribution in [0, 0.1) is 5.92 Å². The van der Waals surface area contributed by atoms with Crippen molar-refractivity contribution in [2.45, 2.75) is 31.8 Å². The van der Waals surface area contributed by atoms with Crippen LogP contribution >= 0.6 is 0 Å². The molecule has 0 amide bonds. The minimum atomic E-state index is -0.689. The van der Waals surface area contributed by atoms with Gasteiger partial charge < -0.3 is 10.4 Å². The first-order valence-corrected chi connectivity index (χ1v) is 5.57. The normalized spacial score (nSPS) is 25.8. The molecular weight excluding hydrogens is 204 g/mol. The number of aromatic nitrogens is 1. The smallest absolute Gasteiger partial charge is 0.308 e. The minimum Gasteiger partial charge on any atom is -0.481 e. The van der Waals surface area contributed by atoms with Gasteiger partial charge >= 0.3 is 5.97 Å². The van der Waals surface area contributed by atoms with Gasteiger partial charge in [-0.25, -0.2) is 0 Å². The van der Waals surface area contributed by atoms with E-state index >= 15 is 0 Å². The van der Waals surface area contributed by atoms with Crippen molar-refractivity contribution in [2.24, 2.45) is 5.92 Å². The van der Waals surface area contributed by atoms with E-state index in [0.717, 1.165) is 18.4 Å². The monoisotopic (exact) mass is 220 g/mol. The van der Waals surface area contributed by atoms with Gasteiger partial charge in [0, 0.05) is 24.5 Å². The standard InChI is InChI=1S/C12H16N2O2/c1-8(9-4-6-13-7-5-9)14-11-3-2-10(11)12(15)16/h4-8,10-11,14H,2-3H2,1H3,(H,15,16)/t8-,10?,11?/m0/s1. The van der Waals surface area contributed by atoms with Crippen LogP contribution in [0.4, 0.5) is 0 Å². The molecule has 0 saturated heterocycles. The summed E-state index contributed by atoms with van der Waals surface area (Å²) < 4.78 is 0. The molecule has 0 radical (unpaired) electrons. The maximum atomic E-state index is 10.9. The van der Waals surface area contributed by atoms with E-state index in [0.29, 0.717) is 0 Å². The summed E-state index contributed by atoms with van der Waals surface area (Å²) >= 11 is 0. The highest BCUT2D eigenvalue weighted by atomic mass is 16.4. The summed E-state index contributed by atoms with van der Waals surface area (Å²) in [7, 11) is 0. The lowest BCUT2D eigenvalue weighted by Crippen LogP contribution is -2.48. The average molecular weight is 220 g/mol. The van der Waals surface area contributed by atoms with E-state index in [4.69, 9.17) is 5.11 Å².